The van der Waals surface area contributed by atoms with Crippen molar-refractivity contribution in [3.05, 3.63) is 41.5 Å². The van der Waals surface area contributed by atoms with E-state index >= 15 is 0 Å². The Morgan fingerprint density at radius 1 is 1.03 bits per heavy atom. The van der Waals surface area contributed by atoms with Gasteiger partial charge in [0.1, 0.15) is 17.2 Å². The Hall–Kier alpha value is -2.37. The lowest BCUT2D eigenvalue weighted by Gasteiger charge is -2.28. The van der Waals surface area contributed by atoms with E-state index in [4.69, 9.17) is 9.47 Å². The molecule has 0 spiro atoms. The third-order valence-corrected chi connectivity index (χ3v) is 6.82. The van der Waals surface area contributed by atoms with E-state index in [9.17, 15) is 22.0 Å². The zero-order valence-corrected chi connectivity index (χ0v) is 18.3. The minimum absolute atomic E-state index is 0.0626. The maximum Gasteiger partial charge on any atom is 0.420 e. The molecule has 0 radical (unpaired) electrons. The highest BCUT2D eigenvalue weighted by Crippen LogP contribution is 2.41. The molecular weight excluding hydrogens is 459 g/mol. The number of likely N-dealkylation sites (tertiary alicyclic amines) is 1. The van der Waals surface area contributed by atoms with Crippen molar-refractivity contribution in [2.75, 3.05) is 44.8 Å². The average molecular weight is 484 g/mol. The van der Waals surface area contributed by atoms with Crippen molar-refractivity contribution in [3.63, 3.8) is 0 Å². The number of hydrogen-bond acceptors (Lipinski definition) is 6. The van der Waals surface area contributed by atoms with Crippen LogP contribution in [0.5, 0.6) is 0 Å². The van der Waals surface area contributed by atoms with Gasteiger partial charge in [-0.15, -0.1) is 10.2 Å². The van der Waals surface area contributed by atoms with Gasteiger partial charge in [0.15, 0.2) is 5.82 Å². The third-order valence-electron chi connectivity index (χ3n) is 6.82. The maximum absolute atomic E-state index is 14.1. The first-order valence-electron chi connectivity index (χ1n) is 11.3. The molecule has 2 aromatic rings. The fourth-order valence-corrected chi connectivity index (χ4v) is 5.33. The number of rotatable bonds is 5. The summed E-state index contributed by atoms with van der Waals surface area (Å²) in [6, 6.07) is 3.09. The summed E-state index contributed by atoms with van der Waals surface area (Å²) in [6.07, 6.45) is -3.22. The molecule has 2 aliphatic heterocycles. The molecule has 1 aromatic heterocycles. The maximum atomic E-state index is 14.1. The van der Waals surface area contributed by atoms with Gasteiger partial charge in [-0.25, -0.2) is 8.78 Å². The molecule has 4 atom stereocenters. The van der Waals surface area contributed by atoms with Gasteiger partial charge in [-0.2, -0.15) is 13.2 Å². The van der Waals surface area contributed by atoms with Crippen LogP contribution in [0.15, 0.2) is 24.3 Å². The largest absolute Gasteiger partial charge is 0.420 e. The first-order valence-corrected chi connectivity index (χ1v) is 11.3. The lowest BCUT2D eigenvalue weighted by molar-refractivity contribution is -0.137. The third kappa shape index (κ3) is 5.01. The highest BCUT2D eigenvalue weighted by atomic mass is 19.4. The molecule has 1 aromatic carbocycles. The Bertz CT molecular complexity index is 1020. The molecule has 0 unspecified atom stereocenters. The second kappa shape index (κ2) is 9.35. The molecule has 1 saturated carbocycles. The topological polar surface area (TPSA) is 59.5 Å². The van der Waals surface area contributed by atoms with Crippen molar-refractivity contribution in [2.24, 2.45) is 11.8 Å². The van der Waals surface area contributed by atoms with Crippen molar-refractivity contribution < 1.29 is 31.4 Å². The van der Waals surface area contributed by atoms with Gasteiger partial charge in [-0.05, 0) is 48.9 Å². The van der Waals surface area contributed by atoms with Crippen LogP contribution >= 0.6 is 0 Å². The van der Waals surface area contributed by atoms with Crippen LogP contribution in [-0.2, 0) is 15.7 Å². The zero-order chi connectivity index (χ0) is 23.9. The second-order valence-corrected chi connectivity index (χ2v) is 9.23. The van der Waals surface area contributed by atoms with Gasteiger partial charge in [0, 0.05) is 31.2 Å². The highest BCUT2D eigenvalue weighted by molar-refractivity contribution is 5.63. The van der Waals surface area contributed by atoms with Crippen LogP contribution in [0.2, 0.25) is 0 Å². The Morgan fingerprint density at radius 3 is 2.47 bits per heavy atom. The van der Waals surface area contributed by atoms with Gasteiger partial charge >= 0.3 is 6.18 Å². The number of ether oxygens (including phenoxy) is 2. The van der Waals surface area contributed by atoms with E-state index in [1.54, 1.807) is 0 Å². The van der Waals surface area contributed by atoms with Crippen molar-refractivity contribution >= 4 is 5.82 Å². The second-order valence-electron chi connectivity index (χ2n) is 9.23. The summed E-state index contributed by atoms with van der Waals surface area (Å²) < 4.78 is 80.2. The van der Waals surface area contributed by atoms with Gasteiger partial charge in [0.05, 0.1) is 31.6 Å². The lowest BCUT2D eigenvalue weighted by Crippen LogP contribution is -2.39. The molecule has 34 heavy (non-hydrogen) atoms. The molecule has 3 heterocycles. The Balaban J connectivity index is 1.26. The van der Waals surface area contributed by atoms with E-state index in [0.717, 1.165) is 56.7 Å². The van der Waals surface area contributed by atoms with Crippen molar-refractivity contribution in [3.8, 4) is 11.3 Å². The predicted molar refractivity (Wildman–Crippen MR) is 113 cm³/mol. The van der Waals surface area contributed by atoms with Gasteiger partial charge in [0.2, 0.25) is 0 Å². The number of aromatic nitrogens is 2. The number of anilines is 1. The number of alkyl halides is 3. The summed E-state index contributed by atoms with van der Waals surface area (Å²) in [5.41, 5.74) is -1.79. The average Bonchev–Trinajstić information content (AvgIpc) is 3.33. The Morgan fingerprint density at radius 2 is 1.79 bits per heavy atom. The summed E-state index contributed by atoms with van der Waals surface area (Å²) in [7, 11) is 0. The normalized spacial score (nSPS) is 27.7. The molecule has 11 heteroatoms. The number of nitrogens with one attached hydrogen (secondary N) is 1. The van der Waals surface area contributed by atoms with E-state index < -0.39 is 23.4 Å². The van der Waals surface area contributed by atoms with Crippen molar-refractivity contribution in [1.29, 1.82) is 0 Å². The first kappa shape index (κ1) is 23.4. The SMILES string of the molecule is Fc1ccc(F)c(-c2cc(C(F)(F)F)c(N[C@H]3C[C@@H]4CN(C[C@H]5COCCO5)C[C@@H]4C3)nn2)c1. The summed E-state index contributed by atoms with van der Waals surface area (Å²) >= 11 is 0. The van der Waals surface area contributed by atoms with E-state index in [1.807, 2.05) is 0 Å². The molecular formula is C23H25F5N4O2. The minimum Gasteiger partial charge on any atom is -0.376 e. The smallest absolute Gasteiger partial charge is 0.376 e. The summed E-state index contributed by atoms with van der Waals surface area (Å²) in [6.45, 7) is 4.36. The van der Waals surface area contributed by atoms with E-state index in [-0.39, 0.29) is 29.2 Å². The van der Waals surface area contributed by atoms with E-state index in [2.05, 4.69) is 20.4 Å². The van der Waals surface area contributed by atoms with Gasteiger partial charge < -0.3 is 19.7 Å². The number of nitrogens with zero attached hydrogens (tertiary/aromatic N) is 3. The lowest BCUT2D eigenvalue weighted by atomic mass is 10.0. The van der Waals surface area contributed by atoms with Crippen LogP contribution in [-0.4, -0.2) is 66.7 Å². The molecule has 3 aliphatic rings. The zero-order valence-electron chi connectivity index (χ0n) is 18.3. The monoisotopic (exact) mass is 484 g/mol. The number of fused-ring (bicyclic) bond motifs is 1. The summed E-state index contributed by atoms with van der Waals surface area (Å²) in [5.74, 6) is -1.27. The molecule has 1 N–H and O–H groups in total. The molecule has 0 amide bonds. The van der Waals surface area contributed by atoms with Crippen LogP contribution in [0, 0.1) is 23.5 Å². The Labute approximate surface area is 193 Å². The van der Waals surface area contributed by atoms with Crippen LogP contribution in [0.25, 0.3) is 11.3 Å². The van der Waals surface area contributed by atoms with Crippen LogP contribution < -0.4 is 5.32 Å². The predicted octanol–water partition coefficient (Wildman–Crippen LogP) is 3.98. The number of benzene rings is 1. The van der Waals surface area contributed by atoms with Crippen molar-refractivity contribution in [2.45, 2.75) is 31.2 Å². The molecule has 184 valence electrons. The van der Waals surface area contributed by atoms with Crippen LogP contribution in [0.3, 0.4) is 0 Å². The Kier molecular flexibility index (Phi) is 6.43. The van der Waals surface area contributed by atoms with Gasteiger partial charge in [-0.1, -0.05) is 0 Å². The molecule has 1 aliphatic carbocycles. The van der Waals surface area contributed by atoms with E-state index in [0.29, 0.717) is 31.7 Å². The number of halogens is 5. The molecule has 0 bridgehead atoms. The number of hydrogen-bond donors (Lipinski definition) is 1. The fraction of sp³-hybridized carbons (Fsp3) is 0.565. The standard InChI is InChI=1S/C23H25F5N4O2/c24-15-1-2-20(25)18(7-15)21-8-19(23(26,27)28)22(31-30-21)29-16-5-13-9-32(10-14(13)6-16)11-17-12-33-3-4-34-17/h1-2,7-8,13-14,16-17H,3-6,9-12H2,(H,29,31)/t13-,14+,16+,17-/m0/s1. The molecule has 6 nitrogen and oxygen atoms in total. The van der Waals surface area contributed by atoms with Gasteiger partial charge in [-0.3, -0.25) is 0 Å². The van der Waals surface area contributed by atoms with Crippen LogP contribution in [0.4, 0.5) is 27.8 Å². The van der Waals surface area contributed by atoms with Gasteiger partial charge in [0.25, 0.3) is 0 Å². The molecule has 3 fully saturated rings. The fourth-order valence-electron chi connectivity index (χ4n) is 5.33. The van der Waals surface area contributed by atoms with Crippen molar-refractivity contribution in [1.82, 2.24) is 15.1 Å². The first-order chi connectivity index (χ1) is 16.3. The quantitative estimate of drug-likeness (QED) is 0.648. The van der Waals surface area contributed by atoms with E-state index in [1.165, 1.54) is 0 Å². The summed E-state index contributed by atoms with van der Waals surface area (Å²) in [5, 5.41) is 10.4. The minimum atomic E-state index is -4.73. The molecule has 5 rings (SSSR count). The summed E-state index contributed by atoms with van der Waals surface area (Å²) in [4.78, 5) is 2.34. The molecule has 2 saturated heterocycles. The highest BCUT2D eigenvalue weighted by Gasteiger charge is 2.43. The van der Waals surface area contributed by atoms with Crippen LogP contribution in [0.1, 0.15) is 18.4 Å².